The first-order valence-corrected chi connectivity index (χ1v) is 11.7. The fourth-order valence-corrected chi connectivity index (χ4v) is 4.69. The molecule has 1 aliphatic rings. The molecule has 0 atom stereocenters. The number of hydrogen-bond acceptors (Lipinski definition) is 2. The van der Waals surface area contributed by atoms with E-state index in [-0.39, 0.29) is 11.9 Å². The number of carbonyl (C=O) groups is 1. The molecule has 3 nitrogen and oxygen atoms in total. The Morgan fingerprint density at radius 2 is 1.48 bits per heavy atom. The highest BCUT2D eigenvalue weighted by molar-refractivity contribution is 5.98. The molecule has 1 fully saturated rings. The number of benzene rings is 2. The summed E-state index contributed by atoms with van der Waals surface area (Å²) in [5.41, 5.74) is 10.7. The number of carbonyl (C=O) groups excluding carboxylic acids is 1. The fraction of sp³-hybridized carbons (Fsp3) is 0.464. The maximum Gasteiger partial charge on any atom is 0.247 e. The third kappa shape index (κ3) is 5.20. The van der Waals surface area contributed by atoms with Crippen molar-refractivity contribution in [3.63, 3.8) is 0 Å². The molecular formula is C28H38N2O. The summed E-state index contributed by atoms with van der Waals surface area (Å²) < 4.78 is 0. The molecule has 0 aromatic heterocycles. The second kappa shape index (κ2) is 9.72. The molecule has 3 rings (SSSR count). The molecule has 0 aliphatic heterocycles. The van der Waals surface area contributed by atoms with Gasteiger partial charge >= 0.3 is 0 Å². The first-order chi connectivity index (χ1) is 14.7. The average Bonchev–Trinajstić information content (AvgIpc) is 3.23. The lowest BCUT2D eigenvalue weighted by molar-refractivity contribution is -0.117. The lowest BCUT2D eigenvalue weighted by atomic mass is 9.85. The summed E-state index contributed by atoms with van der Waals surface area (Å²) in [6.07, 6.45) is 7.28. The number of rotatable bonds is 6. The Morgan fingerprint density at radius 1 is 0.935 bits per heavy atom. The van der Waals surface area contributed by atoms with Crippen LogP contribution in [0.2, 0.25) is 0 Å². The SMILES string of the molecule is CC(=Cc1c(C)c(C)c(-c2ccc(NC3CCCC3)cc2)c(C)c1C)C(=O)NC(C)C. The lowest BCUT2D eigenvalue weighted by Crippen LogP contribution is -2.30. The fourth-order valence-electron chi connectivity index (χ4n) is 4.69. The Hall–Kier alpha value is -2.55. The molecule has 0 unspecified atom stereocenters. The van der Waals surface area contributed by atoms with Gasteiger partial charge in [-0.3, -0.25) is 4.79 Å². The summed E-state index contributed by atoms with van der Waals surface area (Å²) in [6, 6.07) is 9.66. The van der Waals surface area contributed by atoms with Crippen LogP contribution in [0.1, 0.15) is 74.3 Å². The molecule has 2 N–H and O–H groups in total. The molecule has 2 aromatic rings. The van der Waals surface area contributed by atoms with Crippen LogP contribution in [-0.4, -0.2) is 18.0 Å². The van der Waals surface area contributed by atoms with E-state index >= 15 is 0 Å². The molecule has 0 bridgehead atoms. The van der Waals surface area contributed by atoms with Gasteiger partial charge in [0, 0.05) is 23.3 Å². The van der Waals surface area contributed by atoms with Crippen LogP contribution in [0.4, 0.5) is 5.69 Å². The van der Waals surface area contributed by atoms with Gasteiger partial charge in [0.25, 0.3) is 0 Å². The van der Waals surface area contributed by atoms with Gasteiger partial charge in [0.1, 0.15) is 0 Å². The van der Waals surface area contributed by atoms with Gasteiger partial charge in [-0.25, -0.2) is 0 Å². The Bertz CT molecular complexity index is 948. The molecule has 2 aromatic carbocycles. The van der Waals surface area contributed by atoms with Gasteiger partial charge in [-0.15, -0.1) is 0 Å². The average molecular weight is 419 g/mol. The van der Waals surface area contributed by atoms with E-state index in [9.17, 15) is 4.79 Å². The van der Waals surface area contributed by atoms with Crippen molar-refractivity contribution in [1.82, 2.24) is 5.32 Å². The van der Waals surface area contributed by atoms with E-state index in [1.807, 2.05) is 26.8 Å². The zero-order valence-corrected chi connectivity index (χ0v) is 20.3. The summed E-state index contributed by atoms with van der Waals surface area (Å²) in [5, 5.41) is 6.67. The van der Waals surface area contributed by atoms with Crippen molar-refractivity contribution >= 4 is 17.7 Å². The van der Waals surface area contributed by atoms with Crippen LogP contribution >= 0.6 is 0 Å². The minimum absolute atomic E-state index is 0.00136. The molecule has 1 amide bonds. The van der Waals surface area contributed by atoms with E-state index in [1.54, 1.807) is 0 Å². The van der Waals surface area contributed by atoms with Gasteiger partial charge in [-0.2, -0.15) is 0 Å². The van der Waals surface area contributed by atoms with Gasteiger partial charge in [0.15, 0.2) is 0 Å². The molecule has 1 saturated carbocycles. The highest BCUT2D eigenvalue weighted by atomic mass is 16.1. The summed E-state index contributed by atoms with van der Waals surface area (Å²) in [5.74, 6) is -0.00136. The summed E-state index contributed by atoms with van der Waals surface area (Å²) in [4.78, 5) is 12.4. The molecule has 0 spiro atoms. The van der Waals surface area contributed by atoms with Crippen molar-refractivity contribution in [3.05, 3.63) is 57.7 Å². The number of nitrogens with one attached hydrogen (secondary N) is 2. The predicted molar refractivity (Wildman–Crippen MR) is 134 cm³/mol. The van der Waals surface area contributed by atoms with E-state index in [0.717, 1.165) is 11.1 Å². The van der Waals surface area contributed by atoms with Gasteiger partial charge in [-0.1, -0.05) is 25.0 Å². The first-order valence-electron chi connectivity index (χ1n) is 11.7. The zero-order valence-electron chi connectivity index (χ0n) is 20.3. The number of hydrogen-bond donors (Lipinski definition) is 2. The maximum atomic E-state index is 12.4. The van der Waals surface area contributed by atoms with E-state index < -0.39 is 0 Å². The van der Waals surface area contributed by atoms with E-state index in [1.165, 1.54) is 64.8 Å². The van der Waals surface area contributed by atoms with Crippen molar-refractivity contribution in [1.29, 1.82) is 0 Å². The Labute approximate surface area is 188 Å². The lowest BCUT2D eigenvalue weighted by Gasteiger charge is -2.20. The van der Waals surface area contributed by atoms with Crippen molar-refractivity contribution in [2.75, 3.05) is 5.32 Å². The third-order valence-electron chi connectivity index (χ3n) is 6.72. The summed E-state index contributed by atoms with van der Waals surface area (Å²) in [7, 11) is 0. The van der Waals surface area contributed by atoms with Crippen LogP contribution in [0.5, 0.6) is 0 Å². The maximum absolute atomic E-state index is 12.4. The number of amides is 1. The Balaban J connectivity index is 1.93. The standard InChI is InChI=1S/C28H38N2O/c1-17(2)29-28(31)18(3)16-26-19(4)21(6)27(22(7)20(26)5)23-12-14-25(15-13-23)30-24-10-8-9-11-24/h12-17,24,30H,8-11H2,1-7H3,(H,29,31). The molecule has 1 aliphatic carbocycles. The van der Waals surface area contributed by atoms with E-state index in [4.69, 9.17) is 0 Å². The van der Waals surface area contributed by atoms with Crippen LogP contribution < -0.4 is 10.6 Å². The topological polar surface area (TPSA) is 41.1 Å². The minimum Gasteiger partial charge on any atom is -0.382 e. The third-order valence-corrected chi connectivity index (χ3v) is 6.72. The first kappa shape index (κ1) is 23.1. The predicted octanol–water partition coefficient (Wildman–Crippen LogP) is 6.87. The molecule has 0 saturated heterocycles. The van der Waals surface area contributed by atoms with E-state index in [0.29, 0.717) is 6.04 Å². The normalized spacial score (nSPS) is 14.9. The van der Waals surface area contributed by atoms with Crippen molar-refractivity contribution in [2.24, 2.45) is 0 Å². The quantitative estimate of drug-likeness (QED) is 0.503. The largest absolute Gasteiger partial charge is 0.382 e. The summed E-state index contributed by atoms with van der Waals surface area (Å²) >= 11 is 0. The van der Waals surface area contributed by atoms with Crippen LogP contribution in [0.25, 0.3) is 17.2 Å². The molecule has 166 valence electrons. The van der Waals surface area contributed by atoms with Gasteiger partial charge in [0.05, 0.1) is 0 Å². The van der Waals surface area contributed by atoms with Gasteiger partial charge < -0.3 is 10.6 Å². The van der Waals surface area contributed by atoms with Crippen LogP contribution in [0.3, 0.4) is 0 Å². The van der Waals surface area contributed by atoms with E-state index in [2.05, 4.69) is 62.6 Å². The zero-order chi connectivity index (χ0) is 22.7. The van der Waals surface area contributed by atoms with Crippen LogP contribution in [0.15, 0.2) is 29.8 Å². The van der Waals surface area contributed by atoms with Crippen molar-refractivity contribution < 1.29 is 4.79 Å². The molecule has 31 heavy (non-hydrogen) atoms. The second-order valence-corrected chi connectivity index (χ2v) is 9.45. The van der Waals surface area contributed by atoms with Gasteiger partial charge in [0.2, 0.25) is 5.91 Å². The Kier molecular flexibility index (Phi) is 7.25. The van der Waals surface area contributed by atoms with Gasteiger partial charge in [-0.05, 0) is 118 Å². The molecule has 3 heteroatoms. The van der Waals surface area contributed by atoms with Crippen LogP contribution in [-0.2, 0) is 4.79 Å². The molecule has 0 radical (unpaired) electrons. The molecular weight excluding hydrogens is 380 g/mol. The van der Waals surface area contributed by atoms with Crippen molar-refractivity contribution in [2.45, 2.75) is 86.2 Å². The minimum atomic E-state index is -0.00136. The number of anilines is 1. The van der Waals surface area contributed by atoms with Crippen LogP contribution in [0, 0.1) is 27.7 Å². The monoisotopic (exact) mass is 418 g/mol. The second-order valence-electron chi connectivity index (χ2n) is 9.45. The highest BCUT2D eigenvalue weighted by Gasteiger charge is 2.17. The smallest absolute Gasteiger partial charge is 0.247 e. The summed E-state index contributed by atoms with van der Waals surface area (Å²) in [6.45, 7) is 14.6. The molecule has 0 heterocycles. The van der Waals surface area contributed by atoms with Crippen molar-refractivity contribution in [3.8, 4) is 11.1 Å². The Morgan fingerprint density at radius 3 is 2.00 bits per heavy atom. The highest BCUT2D eigenvalue weighted by Crippen LogP contribution is 2.36.